The Balaban J connectivity index is 1.44. The summed E-state index contributed by atoms with van der Waals surface area (Å²) in [4.78, 5) is 73.7. The Bertz CT molecular complexity index is 1210. The summed E-state index contributed by atoms with van der Waals surface area (Å²) in [5.41, 5.74) is 1.54. The van der Waals surface area contributed by atoms with Crippen molar-refractivity contribution in [1.82, 2.24) is 25.3 Å². The number of carbonyl (C=O) groups is 5. The number of nitrogens with zero attached hydrogens (tertiary/aromatic N) is 4. The van der Waals surface area contributed by atoms with Crippen LogP contribution in [0.25, 0.3) is 0 Å². The first-order valence-electron chi connectivity index (χ1n) is 16.1. The highest BCUT2D eigenvalue weighted by atomic mass is 16.2. The number of benzene rings is 1. The Labute approximate surface area is 261 Å². The average molecular weight is 611 g/mol. The Morgan fingerprint density at radius 1 is 0.818 bits per heavy atom. The van der Waals surface area contributed by atoms with Crippen LogP contribution in [0.4, 0.5) is 5.69 Å². The van der Waals surface area contributed by atoms with E-state index in [0.717, 1.165) is 38.3 Å². The molecule has 0 spiro atoms. The van der Waals surface area contributed by atoms with Crippen LogP contribution in [0.3, 0.4) is 0 Å². The largest absolute Gasteiger partial charge is 0.369 e. The van der Waals surface area contributed by atoms with E-state index in [-0.39, 0.29) is 41.9 Å². The van der Waals surface area contributed by atoms with Gasteiger partial charge in [0.25, 0.3) is 5.91 Å². The van der Waals surface area contributed by atoms with Crippen LogP contribution in [0, 0.1) is 11.8 Å². The normalized spacial score (nSPS) is 21.9. The summed E-state index contributed by atoms with van der Waals surface area (Å²) in [6, 6.07) is 4.79. The van der Waals surface area contributed by atoms with Gasteiger partial charge in [0, 0.05) is 50.9 Å². The molecule has 1 aromatic rings. The topological polar surface area (TPSA) is 122 Å². The first-order valence-corrected chi connectivity index (χ1v) is 16.1. The van der Waals surface area contributed by atoms with Gasteiger partial charge in [-0.15, -0.1) is 0 Å². The molecule has 0 radical (unpaired) electrons. The van der Waals surface area contributed by atoms with Crippen molar-refractivity contribution in [2.45, 2.75) is 84.5 Å². The van der Waals surface area contributed by atoms with Gasteiger partial charge in [0.15, 0.2) is 5.78 Å². The Morgan fingerprint density at radius 2 is 1.45 bits per heavy atom. The van der Waals surface area contributed by atoms with Crippen LogP contribution in [0.1, 0.15) is 70.7 Å². The second kappa shape index (κ2) is 14.5. The Kier molecular flexibility index (Phi) is 11.0. The number of likely N-dealkylation sites (tertiary alicyclic amines) is 2. The highest BCUT2D eigenvalue weighted by Gasteiger charge is 2.53. The minimum Gasteiger partial charge on any atom is -0.369 e. The number of likely N-dealkylation sites (N-methyl/N-ethyl adjacent to an activating group) is 1. The predicted molar refractivity (Wildman–Crippen MR) is 169 cm³/mol. The SMILES string of the molecule is CC(=O)NC(CCC(C)C)C(=O)N1CC(=O)C2C1CCN2C(=O)C(CC(C)C)NC(=O)c1ccc(N2CCN(C)CC2)cc1. The lowest BCUT2D eigenvalue weighted by Crippen LogP contribution is -2.53. The molecular formula is C33H50N6O5. The molecule has 3 heterocycles. The minimum atomic E-state index is -0.797. The molecule has 4 rings (SSSR count). The molecule has 3 saturated heterocycles. The van der Waals surface area contributed by atoms with Crippen molar-refractivity contribution < 1.29 is 24.0 Å². The molecule has 4 atom stereocenters. The molecule has 3 aliphatic rings. The highest BCUT2D eigenvalue weighted by molar-refractivity contribution is 6.01. The van der Waals surface area contributed by atoms with E-state index >= 15 is 0 Å². The number of fused-ring (bicyclic) bond motifs is 1. The van der Waals surface area contributed by atoms with Crippen LogP contribution in [-0.2, 0) is 19.2 Å². The molecule has 0 aliphatic carbocycles. The van der Waals surface area contributed by atoms with Crippen LogP contribution in [0.2, 0.25) is 0 Å². The van der Waals surface area contributed by atoms with E-state index in [4.69, 9.17) is 0 Å². The number of carbonyl (C=O) groups excluding carboxylic acids is 5. The molecule has 4 unspecified atom stereocenters. The molecule has 242 valence electrons. The van der Waals surface area contributed by atoms with Crippen molar-refractivity contribution in [3.63, 3.8) is 0 Å². The van der Waals surface area contributed by atoms with Gasteiger partial charge in [0.05, 0.1) is 12.6 Å². The van der Waals surface area contributed by atoms with Crippen molar-refractivity contribution in [2.24, 2.45) is 11.8 Å². The second-order valence-electron chi connectivity index (χ2n) is 13.5. The number of Topliss-reactive ketones (excluding diaryl/α,β-unsaturated/α-hetero) is 1. The first-order chi connectivity index (χ1) is 20.8. The van der Waals surface area contributed by atoms with Gasteiger partial charge < -0.3 is 30.2 Å². The third-order valence-corrected chi connectivity index (χ3v) is 9.01. The van der Waals surface area contributed by atoms with Crippen LogP contribution in [0.15, 0.2) is 24.3 Å². The van der Waals surface area contributed by atoms with E-state index in [1.807, 2.05) is 26.0 Å². The summed E-state index contributed by atoms with van der Waals surface area (Å²) < 4.78 is 0. The van der Waals surface area contributed by atoms with Gasteiger partial charge in [0.1, 0.15) is 18.1 Å². The molecule has 3 aliphatic heterocycles. The molecule has 3 fully saturated rings. The Morgan fingerprint density at radius 3 is 2.05 bits per heavy atom. The summed E-state index contributed by atoms with van der Waals surface area (Å²) in [5.74, 6) is -0.902. The zero-order chi connectivity index (χ0) is 32.1. The van der Waals surface area contributed by atoms with Crippen molar-refractivity contribution in [3.05, 3.63) is 29.8 Å². The number of nitrogens with one attached hydrogen (secondary N) is 2. The fourth-order valence-corrected chi connectivity index (χ4v) is 6.58. The molecule has 0 saturated carbocycles. The number of piperazine rings is 1. The lowest BCUT2D eigenvalue weighted by Gasteiger charge is -2.34. The molecule has 1 aromatic carbocycles. The maximum atomic E-state index is 13.9. The van der Waals surface area contributed by atoms with E-state index in [9.17, 15) is 24.0 Å². The van der Waals surface area contributed by atoms with Gasteiger partial charge in [0.2, 0.25) is 17.7 Å². The molecule has 11 heteroatoms. The second-order valence-corrected chi connectivity index (χ2v) is 13.5. The molecular weight excluding hydrogens is 560 g/mol. The maximum absolute atomic E-state index is 13.9. The third-order valence-electron chi connectivity index (χ3n) is 9.01. The van der Waals surface area contributed by atoms with Crippen molar-refractivity contribution >= 4 is 35.1 Å². The molecule has 44 heavy (non-hydrogen) atoms. The number of amides is 4. The van der Waals surface area contributed by atoms with Gasteiger partial charge in [-0.2, -0.15) is 0 Å². The lowest BCUT2D eigenvalue weighted by molar-refractivity contribution is -0.138. The molecule has 2 N–H and O–H groups in total. The van der Waals surface area contributed by atoms with Crippen LogP contribution in [0.5, 0.6) is 0 Å². The summed E-state index contributed by atoms with van der Waals surface area (Å²) in [7, 11) is 2.11. The summed E-state index contributed by atoms with van der Waals surface area (Å²) >= 11 is 0. The van der Waals surface area contributed by atoms with E-state index in [0.29, 0.717) is 37.3 Å². The van der Waals surface area contributed by atoms with Crippen LogP contribution < -0.4 is 15.5 Å². The molecule has 11 nitrogen and oxygen atoms in total. The minimum absolute atomic E-state index is 0.0867. The highest BCUT2D eigenvalue weighted by Crippen LogP contribution is 2.32. The summed E-state index contributed by atoms with van der Waals surface area (Å²) in [6.07, 6.45) is 2.14. The number of hydrogen-bond donors (Lipinski definition) is 2. The maximum Gasteiger partial charge on any atom is 0.251 e. The Hall–Kier alpha value is -3.47. The van der Waals surface area contributed by atoms with Gasteiger partial charge in [-0.3, -0.25) is 24.0 Å². The van der Waals surface area contributed by atoms with E-state index in [1.165, 1.54) is 6.92 Å². The smallest absolute Gasteiger partial charge is 0.251 e. The van der Waals surface area contributed by atoms with E-state index in [1.54, 1.807) is 21.9 Å². The third kappa shape index (κ3) is 7.97. The van der Waals surface area contributed by atoms with Gasteiger partial charge >= 0.3 is 0 Å². The van der Waals surface area contributed by atoms with Crippen LogP contribution >= 0.6 is 0 Å². The summed E-state index contributed by atoms with van der Waals surface area (Å²) in [6.45, 7) is 13.6. The van der Waals surface area contributed by atoms with Crippen molar-refractivity contribution in [3.8, 4) is 0 Å². The van der Waals surface area contributed by atoms with Crippen molar-refractivity contribution in [1.29, 1.82) is 0 Å². The molecule has 4 amide bonds. The number of ketones is 1. The van der Waals surface area contributed by atoms with Gasteiger partial charge in [-0.25, -0.2) is 0 Å². The van der Waals surface area contributed by atoms with Crippen LogP contribution in [-0.4, -0.2) is 115 Å². The number of rotatable bonds is 11. The molecule has 0 bridgehead atoms. The van der Waals surface area contributed by atoms with E-state index < -0.39 is 24.2 Å². The quantitative estimate of drug-likeness (QED) is 0.393. The van der Waals surface area contributed by atoms with Gasteiger partial charge in [-0.05, 0) is 68.8 Å². The van der Waals surface area contributed by atoms with Crippen molar-refractivity contribution in [2.75, 3.05) is 51.2 Å². The first kappa shape index (κ1) is 33.4. The monoisotopic (exact) mass is 610 g/mol. The van der Waals surface area contributed by atoms with E-state index in [2.05, 4.69) is 41.3 Å². The number of anilines is 1. The zero-order valence-corrected chi connectivity index (χ0v) is 27.2. The summed E-state index contributed by atoms with van der Waals surface area (Å²) in [5, 5.41) is 5.72. The molecule has 0 aromatic heterocycles. The fraction of sp³-hybridized carbons (Fsp3) is 0.667. The fourth-order valence-electron chi connectivity index (χ4n) is 6.58. The number of hydrogen-bond acceptors (Lipinski definition) is 7. The zero-order valence-electron chi connectivity index (χ0n) is 27.2. The standard InChI is InChI=1S/C33H50N6O5/c1-21(2)7-12-26(34-23(5)40)32(43)39-20-29(41)30-28(39)13-14-38(30)33(44)27(19-22(3)4)35-31(42)24-8-10-25(11-9-24)37-17-15-36(6)16-18-37/h8-11,21-22,26-28,30H,7,12-20H2,1-6H3,(H,34,40)(H,35,42). The average Bonchev–Trinajstić information content (AvgIpc) is 3.55. The predicted octanol–water partition coefficient (Wildman–Crippen LogP) is 1.90. The van der Waals surface area contributed by atoms with Gasteiger partial charge in [-0.1, -0.05) is 27.7 Å². The lowest BCUT2D eigenvalue weighted by atomic mass is 10.0.